The summed E-state index contributed by atoms with van der Waals surface area (Å²) in [5, 5.41) is 9.17. The molecule has 0 heterocycles. The molecular weight excluding hydrogens is 322 g/mol. The van der Waals surface area contributed by atoms with Gasteiger partial charge in [0.05, 0.1) is 18.3 Å². The van der Waals surface area contributed by atoms with Crippen LogP contribution in [0.4, 0.5) is 0 Å². The summed E-state index contributed by atoms with van der Waals surface area (Å²) in [4.78, 5) is 23.4. The van der Waals surface area contributed by atoms with Gasteiger partial charge in [-0.2, -0.15) is 0 Å². The molecule has 1 aliphatic carbocycles. The van der Waals surface area contributed by atoms with Gasteiger partial charge in [-0.05, 0) is 19.3 Å². The number of carbonyl (C=O) groups excluding carboxylic acids is 1. The molecule has 0 radical (unpaired) electrons. The molecule has 1 atom stereocenters. The van der Waals surface area contributed by atoms with E-state index in [0.29, 0.717) is 19.3 Å². The summed E-state index contributed by atoms with van der Waals surface area (Å²) in [5.74, 6) is -2.14. The molecule has 1 saturated carbocycles. The molecule has 8 heteroatoms. The largest absolute Gasteiger partial charge is 0.480 e. The average Bonchev–Trinajstić information content (AvgIpc) is 2.50. The molecule has 0 aromatic heterocycles. The second-order valence-electron chi connectivity index (χ2n) is 6.24. The Morgan fingerprint density at radius 3 is 2.35 bits per heavy atom. The Bertz CT molecular complexity index is 510. The van der Waals surface area contributed by atoms with Crippen LogP contribution in [0.15, 0.2) is 0 Å². The van der Waals surface area contributed by atoms with Crippen LogP contribution in [0.1, 0.15) is 58.3 Å². The normalized spacial score (nSPS) is 19.0. The number of carboxylic acid groups (broad SMARTS) is 1. The fraction of sp³-hybridized carbons (Fsp3) is 0.867. The number of carboxylic acids is 1. The summed E-state index contributed by atoms with van der Waals surface area (Å²) in [6, 6.07) is -1.15. The molecule has 1 rings (SSSR count). The number of ether oxygens (including phenoxy) is 1. The summed E-state index contributed by atoms with van der Waals surface area (Å²) < 4.78 is 31.9. The lowest BCUT2D eigenvalue weighted by Crippen LogP contribution is -2.48. The summed E-state index contributed by atoms with van der Waals surface area (Å²) in [6.45, 7) is 1.90. The SMILES string of the molecule is CCCCC(NS(=O)(=O)CC1(C(=O)OC)CCCCC1)C(=O)O. The van der Waals surface area contributed by atoms with E-state index < -0.39 is 39.2 Å². The Morgan fingerprint density at radius 2 is 1.87 bits per heavy atom. The lowest BCUT2D eigenvalue weighted by Gasteiger charge is -2.34. The van der Waals surface area contributed by atoms with Gasteiger partial charge in [0.15, 0.2) is 0 Å². The van der Waals surface area contributed by atoms with Crippen molar-refractivity contribution in [2.75, 3.05) is 12.9 Å². The first-order chi connectivity index (χ1) is 10.8. The molecule has 7 nitrogen and oxygen atoms in total. The highest BCUT2D eigenvalue weighted by Crippen LogP contribution is 2.38. The fourth-order valence-corrected chi connectivity index (χ4v) is 4.99. The van der Waals surface area contributed by atoms with E-state index in [0.717, 1.165) is 25.7 Å². The van der Waals surface area contributed by atoms with Gasteiger partial charge in [-0.1, -0.05) is 39.0 Å². The van der Waals surface area contributed by atoms with E-state index in [1.165, 1.54) is 7.11 Å². The number of rotatable bonds is 9. The standard InChI is InChI=1S/C15H27NO6S/c1-3-4-8-12(13(17)18)16-23(20,21)11-15(14(19)22-2)9-6-5-7-10-15/h12,16H,3-11H2,1-2H3,(H,17,18). The van der Waals surface area contributed by atoms with Crippen LogP contribution < -0.4 is 4.72 Å². The van der Waals surface area contributed by atoms with Crippen LogP contribution in [0.3, 0.4) is 0 Å². The number of nitrogens with one attached hydrogen (secondary N) is 1. The second-order valence-corrected chi connectivity index (χ2v) is 8.00. The molecule has 0 aromatic rings. The molecule has 1 aliphatic rings. The number of hydrogen-bond donors (Lipinski definition) is 2. The van der Waals surface area contributed by atoms with Gasteiger partial charge < -0.3 is 9.84 Å². The van der Waals surface area contributed by atoms with Gasteiger partial charge in [0.25, 0.3) is 0 Å². The molecule has 0 aliphatic heterocycles. The number of unbranched alkanes of at least 4 members (excludes halogenated alkanes) is 1. The lowest BCUT2D eigenvalue weighted by atomic mass is 9.75. The quantitative estimate of drug-likeness (QED) is 0.613. The van der Waals surface area contributed by atoms with E-state index >= 15 is 0 Å². The first-order valence-electron chi connectivity index (χ1n) is 8.07. The first kappa shape index (κ1) is 19.9. The van der Waals surface area contributed by atoms with E-state index in [4.69, 9.17) is 4.74 Å². The summed E-state index contributed by atoms with van der Waals surface area (Å²) in [5.41, 5.74) is -1.06. The predicted octanol–water partition coefficient (Wildman–Crippen LogP) is 1.67. The Hall–Kier alpha value is -1.15. The third-order valence-corrected chi connectivity index (χ3v) is 5.94. The molecule has 1 fully saturated rings. The van der Waals surface area contributed by atoms with Crippen molar-refractivity contribution in [3.63, 3.8) is 0 Å². The number of esters is 1. The highest BCUT2D eigenvalue weighted by Gasteiger charge is 2.45. The van der Waals surface area contributed by atoms with Gasteiger partial charge >= 0.3 is 11.9 Å². The molecular formula is C15H27NO6S. The maximum Gasteiger partial charge on any atom is 0.321 e. The summed E-state index contributed by atoms with van der Waals surface area (Å²) >= 11 is 0. The van der Waals surface area contributed by atoms with E-state index in [-0.39, 0.29) is 6.42 Å². The van der Waals surface area contributed by atoms with Crippen molar-refractivity contribution < 1.29 is 27.9 Å². The van der Waals surface area contributed by atoms with Crippen LogP contribution in [0.25, 0.3) is 0 Å². The summed E-state index contributed by atoms with van der Waals surface area (Å²) in [7, 11) is -2.65. The molecule has 0 aromatic carbocycles. The van der Waals surface area contributed by atoms with Gasteiger partial charge in [0.2, 0.25) is 10.0 Å². The zero-order chi connectivity index (χ0) is 17.5. The van der Waals surface area contributed by atoms with Crippen LogP contribution in [0.5, 0.6) is 0 Å². The highest BCUT2D eigenvalue weighted by molar-refractivity contribution is 7.89. The van der Waals surface area contributed by atoms with Gasteiger partial charge in [0, 0.05) is 0 Å². The van der Waals surface area contributed by atoms with Crippen molar-refractivity contribution >= 4 is 22.0 Å². The smallest absolute Gasteiger partial charge is 0.321 e. The van der Waals surface area contributed by atoms with E-state index in [1.807, 2.05) is 6.92 Å². The Kier molecular flexibility index (Phi) is 7.47. The molecule has 0 saturated heterocycles. The third kappa shape index (κ3) is 5.76. The Balaban J connectivity index is 2.88. The monoisotopic (exact) mass is 349 g/mol. The van der Waals surface area contributed by atoms with Crippen molar-refractivity contribution in [2.24, 2.45) is 5.41 Å². The minimum atomic E-state index is -3.90. The lowest BCUT2D eigenvalue weighted by molar-refractivity contribution is -0.153. The van der Waals surface area contributed by atoms with E-state index in [9.17, 15) is 23.1 Å². The average molecular weight is 349 g/mol. The van der Waals surface area contributed by atoms with Crippen molar-refractivity contribution in [3.05, 3.63) is 0 Å². The van der Waals surface area contributed by atoms with Crippen LogP contribution in [0, 0.1) is 5.41 Å². The number of carbonyl (C=O) groups is 2. The zero-order valence-corrected chi connectivity index (χ0v) is 14.7. The van der Waals surface area contributed by atoms with Crippen LogP contribution >= 0.6 is 0 Å². The van der Waals surface area contributed by atoms with Crippen LogP contribution in [0.2, 0.25) is 0 Å². The number of methoxy groups -OCH3 is 1. The van der Waals surface area contributed by atoms with Gasteiger partial charge in [-0.25, -0.2) is 13.1 Å². The number of sulfonamides is 1. The maximum absolute atomic E-state index is 12.4. The minimum Gasteiger partial charge on any atom is -0.480 e. The van der Waals surface area contributed by atoms with Gasteiger partial charge in [-0.3, -0.25) is 9.59 Å². The van der Waals surface area contributed by atoms with E-state index in [1.54, 1.807) is 0 Å². The second kappa shape index (κ2) is 8.63. The summed E-state index contributed by atoms with van der Waals surface area (Å²) in [6.07, 6.45) is 5.02. The Labute approximate surface area is 137 Å². The van der Waals surface area contributed by atoms with Crippen molar-refractivity contribution in [3.8, 4) is 0 Å². The molecule has 0 amide bonds. The number of hydrogen-bond acceptors (Lipinski definition) is 5. The topological polar surface area (TPSA) is 110 Å². The maximum atomic E-state index is 12.4. The Morgan fingerprint density at radius 1 is 1.26 bits per heavy atom. The zero-order valence-electron chi connectivity index (χ0n) is 13.8. The molecule has 134 valence electrons. The van der Waals surface area contributed by atoms with Crippen molar-refractivity contribution in [1.29, 1.82) is 0 Å². The van der Waals surface area contributed by atoms with Gasteiger partial charge in [0.1, 0.15) is 6.04 Å². The molecule has 23 heavy (non-hydrogen) atoms. The van der Waals surface area contributed by atoms with E-state index in [2.05, 4.69) is 4.72 Å². The fourth-order valence-electron chi connectivity index (χ4n) is 3.12. The number of aliphatic carboxylic acids is 1. The molecule has 2 N–H and O–H groups in total. The molecule has 0 bridgehead atoms. The molecule has 1 unspecified atom stereocenters. The van der Waals surface area contributed by atoms with Crippen LogP contribution in [-0.4, -0.2) is 44.4 Å². The highest BCUT2D eigenvalue weighted by atomic mass is 32.2. The first-order valence-corrected chi connectivity index (χ1v) is 9.73. The van der Waals surface area contributed by atoms with Crippen molar-refractivity contribution in [2.45, 2.75) is 64.3 Å². The van der Waals surface area contributed by atoms with Crippen molar-refractivity contribution in [1.82, 2.24) is 4.72 Å². The predicted molar refractivity (Wildman–Crippen MR) is 85.4 cm³/mol. The minimum absolute atomic E-state index is 0.232. The third-order valence-electron chi connectivity index (χ3n) is 4.36. The van der Waals surface area contributed by atoms with Crippen LogP contribution in [-0.2, 0) is 24.3 Å². The van der Waals surface area contributed by atoms with Gasteiger partial charge in [-0.15, -0.1) is 0 Å². The molecule has 0 spiro atoms.